The normalized spacial score (nSPS) is 18.0. The van der Waals surface area contributed by atoms with Gasteiger partial charge in [-0.2, -0.15) is 0 Å². The number of morpholine rings is 4. The van der Waals surface area contributed by atoms with E-state index in [1.807, 2.05) is 84.9 Å². The molecule has 12 bridgehead atoms. The van der Waals surface area contributed by atoms with Crippen LogP contribution in [0.5, 0.6) is 34.5 Å². The Balaban J connectivity index is 1.10. The molecule has 4 fully saturated rings. The number of allylic oxidation sites excluding steroid dienone is 2. The molecule has 6 aromatic carbocycles. The predicted octanol–water partition coefficient (Wildman–Crippen LogP) is 8.56. The zero-order chi connectivity index (χ0) is 56.7. The highest BCUT2D eigenvalue weighted by atomic mass is 16.5. The van der Waals surface area contributed by atoms with Crippen LogP contribution >= 0.6 is 0 Å². The van der Waals surface area contributed by atoms with Crippen molar-refractivity contribution in [2.24, 2.45) is 0 Å². The number of ether oxygens (including phenoxy) is 4. The molecule has 432 valence electrons. The third-order valence-electron chi connectivity index (χ3n) is 17.1. The van der Waals surface area contributed by atoms with Crippen molar-refractivity contribution in [2.45, 2.75) is 77.5 Å². The van der Waals surface area contributed by atoms with Gasteiger partial charge in [0, 0.05) is 117 Å². The fourth-order valence-corrected chi connectivity index (χ4v) is 12.8. The third kappa shape index (κ3) is 13.7. The Morgan fingerprint density at radius 1 is 0.280 bits per heavy atom. The maximum Gasteiger partial charge on any atom is 0.122 e. The van der Waals surface area contributed by atoms with Gasteiger partial charge in [0.25, 0.3) is 0 Å². The van der Waals surface area contributed by atoms with Gasteiger partial charge in [0.05, 0.1) is 52.9 Å². The number of aromatic hydroxyl groups is 6. The number of nitrogens with zero attached hydrogens (tertiary/aromatic N) is 4. The van der Waals surface area contributed by atoms with Gasteiger partial charge in [-0.3, -0.25) is 19.6 Å². The van der Waals surface area contributed by atoms with Gasteiger partial charge < -0.3 is 49.6 Å². The molecule has 4 saturated heterocycles. The lowest BCUT2D eigenvalue weighted by Crippen LogP contribution is -2.35. The van der Waals surface area contributed by atoms with E-state index < -0.39 is 0 Å². The molecule has 4 heterocycles. The summed E-state index contributed by atoms with van der Waals surface area (Å²) in [6, 6.07) is 24.3. The Hall–Kier alpha value is -6.72. The summed E-state index contributed by atoms with van der Waals surface area (Å²) >= 11 is 0. The summed E-state index contributed by atoms with van der Waals surface area (Å²) in [5, 5.41) is 75.7. The summed E-state index contributed by atoms with van der Waals surface area (Å²) in [6.07, 6.45) is 5.97. The Labute approximate surface area is 482 Å². The second kappa shape index (κ2) is 26.2. The van der Waals surface area contributed by atoms with E-state index in [0.29, 0.717) is 159 Å². The van der Waals surface area contributed by atoms with Crippen LogP contribution in [0.25, 0.3) is 0 Å². The van der Waals surface area contributed by atoms with Crippen molar-refractivity contribution in [1.29, 1.82) is 0 Å². The van der Waals surface area contributed by atoms with Crippen LogP contribution in [-0.4, -0.2) is 155 Å². The monoisotopic (exact) mass is 1110 g/mol. The summed E-state index contributed by atoms with van der Waals surface area (Å²) in [5.74, 6) is 0.526. The van der Waals surface area contributed by atoms with Crippen molar-refractivity contribution >= 4 is 0 Å². The van der Waals surface area contributed by atoms with Crippen molar-refractivity contribution in [1.82, 2.24) is 19.6 Å². The maximum atomic E-state index is 12.6. The molecule has 0 amide bonds. The summed E-state index contributed by atoms with van der Waals surface area (Å²) < 4.78 is 22.9. The van der Waals surface area contributed by atoms with Gasteiger partial charge in [-0.15, -0.1) is 13.2 Å². The van der Waals surface area contributed by atoms with Crippen LogP contribution in [0.15, 0.2) is 98.1 Å². The van der Waals surface area contributed by atoms with E-state index in [1.165, 1.54) is 0 Å². The maximum absolute atomic E-state index is 12.6. The van der Waals surface area contributed by atoms with Crippen molar-refractivity contribution < 1.29 is 49.6 Å². The summed E-state index contributed by atoms with van der Waals surface area (Å²) in [4.78, 5) is 9.38. The van der Waals surface area contributed by atoms with Gasteiger partial charge in [-0.25, -0.2) is 0 Å². The molecule has 4 aliphatic heterocycles. The highest BCUT2D eigenvalue weighted by Gasteiger charge is 2.26. The minimum absolute atomic E-state index is 0.0836. The van der Waals surface area contributed by atoms with E-state index in [0.717, 1.165) is 85.7 Å². The van der Waals surface area contributed by atoms with Crippen molar-refractivity contribution in [3.05, 3.63) is 198 Å². The first-order chi connectivity index (χ1) is 39.9. The van der Waals surface area contributed by atoms with E-state index in [4.69, 9.17) is 18.9 Å². The highest BCUT2D eigenvalue weighted by Crippen LogP contribution is 2.41. The zero-order valence-electron chi connectivity index (χ0n) is 47.4. The molecule has 0 aromatic heterocycles. The molecular weight excluding hydrogens is 1030 g/mol. The van der Waals surface area contributed by atoms with Crippen LogP contribution in [0.2, 0.25) is 0 Å². The molecule has 14 heteroatoms. The quantitative estimate of drug-likeness (QED) is 0.0644. The number of phenols is 6. The van der Waals surface area contributed by atoms with Crippen LogP contribution in [0.4, 0.5) is 0 Å². The Morgan fingerprint density at radius 3 is 0.598 bits per heavy atom. The standard InChI is InChI=1S/C68H80N4O10/c1-3-5-45-23-51-35-55-27-47(41-69-7-15-79-16-8-69)31-59(65(55)75)39-61-33-49(43-71-11-19-81-20-12-71)29-57(67(61)77)37-53-25-46(6-4-2)26-54(64(53)74)38-58-30-50(44-72-13-21-82-22-14-72)34-62(68(58)78)40-60-32-48(42-70-9-17-80-18-10-70)28-56(66(60)76)36-52(24-45)63(51)73/h3-4,23-34,73-78H,1-2,5-22,35-44H2. The molecule has 6 N–H and O–H groups in total. The van der Waals surface area contributed by atoms with Crippen molar-refractivity contribution in [3.8, 4) is 34.5 Å². The molecule has 1 aliphatic carbocycles. The van der Waals surface area contributed by atoms with E-state index in [2.05, 4.69) is 32.8 Å². The molecule has 6 aromatic rings. The second-order valence-electron chi connectivity index (χ2n) is 23.2. The predicted molar refractivity (Wildman–Crippen MR) is 318 cm³/mol. The van der Waals surface area contributed by atoms with Crippen LogP contribution in [-0.2, 0) is 96.5 Å². The lowest BCUT2D eigenvalue weighted by atomic mass is 9.88. The van der Waals surface area contributed by atoms with Crippen LogP contribution in [0, 0.1) is 0 Å². The van der Waals surface area contributed by atoms with Gasteiger partial charge in [-0.1, -0.05) is 84.9 Å². The van der Waals surface area contributed by atoms with Gasteiger partial charge >= 0.3 is 0 Å². The molecule has 82 heavy (non-hydrogen) atoms. The molecule has 0 spiro atoms. The minimum Gasteiger partial charge on any atom is -0.507 e. The Kier molecular flexibility index (Phi) is 18.3. The number of benzene rings is 6. The average molecular weight is 1110 g/mol. The Bertz CT molecular complexity index is 2870. The number of hydrogen-bond donors (Lipinski definition) is 6. The second-order valence-corrected chi connectivity index (χ2v) is 23.2. The summed E-state index contributed by atoms with van der Waals surface area (Å²) in [6.45, 7) is 21.8. The molecule has 0 radical (unpaired) electrons. The van der Waals surface area contributed by atoms with E-state index in [9.17, 15) is 30.6 Å². The number of fused-ring (bicyclic) bond motifs is 12. The largest absolute Gasteiger partial charge is 0.507 e. The third-order valence-corrected chi connectivity index (χ3v) is 17.1. The van der Waals surface area contributed by atoms with Crippen molar-refractivity contribution in [3.63, 3.8) is 0 Å². The molecule has 0 unspecified atom stereocenters. The van der Waals surface area contributed by atoms with Gasteiger partial charge in [0.15, 0.2) is 0 Å². The molecule has 11 rings (SSSR count). The minimum atomic E-state index is 0.0836. The molecule has 0 atom stereocenters. The van der Waals surface area contributed by atoms with Crippen molar-refractivity contribution in [2.75, 3.05) is 105 Å². The number of phenolic OH excluding ortho intramolecular Hbond substituents is 6. The first kappa shape index (κ1) is 57.1. The molecule has 5 aliphatic rings. The lowest BCUT2D eigenvalue weighted by Gasteiger charge is -2.28. The zero-order valence-corrected chi connectivity index (χ0v) is 47.4. The van der Waals surface area contributed by atoms with E-state index >= 15 is 0 Å². The summed E-state index contributed by atoms with van der Waals surface area (Å²) in [7, 11) is 0. The van der Waals surface area contributed by atoms with Gasteiger partial charge in [-0.05, 0) is 113 Å². The fraction of sp³-hybridized carbons (Fsp3) is 0.412. The van der Waals surface area contributed by atoms with Gasteiger partial charge in [0.1, 0.15) is 34.5 Å². The summed E-state index contributed by atoms with van der Waals surface area (Å²) in [5.41, 5.74) is 13.5. The SMILES string of the molecule is C=CCc1cc2c(O)c(c1)Cc1cc(CN3CCOCC3)cc(c1O)Cc1cc(CN3CCOCC3)cc(c1O)Cc1cc(CC=C)cc(c1O)Cc1cc(CN3CCOCC3)cc(c1O)Cc1cc(CN3CCOCC3)cc(c1O)C2. The lowest BCUT2D eigenvalue weighted by molar-refractivity contribution is 0.0341. The average Bonchev–Trinajstić information content (AvgIpc) is 3.62. The van der Waals surface area contributed by atoms with Crippen LogP contribution in [0.1, 0.15) is 100 Å². The first-order valence-electron chi connectivity index (χ1n) is 29.4. The molecular formula is C68H80N4O10. The van der Waals surface area contributed by atoms with Gasteiger partial charge in [0.2, 0.25) is 0 Å². The van der Waals surface area contributed by atoms with E-state index in [-0.39, 0.29) is 73.0 Å². The van der Waals surface area contributed by atoms with Crippen LogP contribution in [0.3, 0.4) is 0 Å². The fourth-order valence-electron chi connectivity index (χ4n) is 12.8. The Morgan fingerprint density at radius 2 is 0.439 bits per heavy atom. The molecule has 0 saturated carbocycles. The highest BCUT2D eigenvalue weighted by molar-refractivity contribution is 5.59. The van der Waals surface area contributed by atoms with Crippen LogP contribution < -0.4 is 0 Å². The molecule has 14 nitrogen and oxygen atoms in total. The number of hydrogen-bond acceptors (Lipinski definition) is 14. The first-order valence-corrected chi connectivity index (χ1v) is 29.4. The number of rotatable bonds is 12. The van der Waals surface area contributed by atoms with E-state index in [1.54, 1.807) is 0 Å². The topological polar surface area (TPSA) is 171 Å². The smallest absolute Gasteiger partial charge is 0.122 e.